The summed E-state index contributed by atoms with van der Waals surface area (Å²) in [5, 5.41) is 3.49. The largest absolute Gasteiger partial charge is 0.487 e. The minimum atomic E-state index is -2.51. The number of pyridine rings is 1. The summed E-state index contributed by atoms with van der Waals surface area (Å²) in [5.41, 5.74) is 1.29. The van der Waals surface area contributed by atoms with Gasteiger partial charge >= 0.3 is 0 Å². The van der Waals surface area contributed by atoms with Crippen molar-refractivity contribution in [1.29, 1.82) is 0 Å². The molecule has 0 amide bonds. The summed E-state index contributed by atoms with van der Waals surface area (Å²) in [4.78, 5) is 8.08. The van der Waals surface area contributed by atoms with Crippen LogP contribution in [0.15, 0.2) is 23.1 Å². The summed E-state index contributed by atoms with van der Waals surface area (Å²) in [6, 6.07) is 1.57. The Morgan fingerprint density at radius 3 is 2.84 bits per heavy atom. The van der Waals surface area contributed by atoms with Crippen molar-refractivity contribution in [3.05, 3.63) is 24.2 Å². The standard InChI is InChI=1S/C12H11F2N3O2/c13-11(14)5-18-10-3-9(12-16-6-17-19-12)15-4-8(10)7-1-2-7/h3-4,6-7,11H,1-2,5H2. The van der Waals surface area contributed by atoms with Crippen LogP contribution in [0.3, 0.4) is 0 Å². The minimum Gasteiger partial charge on any atom is -0.487 e. The predicted molar refractivity (Wildman–Crippen MR) is 61.0 cm³/mol. The lowest BCUT2D eigenvalue weighted by Gasteiger charge is -2.11. The average molecular weight is 267 g/mol. The van der Waals surface area contributed by atoms with Crippen molar-refractivity contribution < 1.29 is 18.0 Å². The third-order valence-corrected chi connectivity index (χ3v) is 2.86. The van der Waals surface area contributed by atoms with Gasteiger partial charge in [0.25, 0.3) is 12.3 Å². The SMILES string of the molecule is FC(F)COc1cc(-c2ncno2)ncc1C1CC1. The van der Waals surface area contributed by atoms with Gasteiger partial charge in [-0.3, -0.25) is 4.98 Å². The summed E-state index contributed by atoms with van der Waals surface area (Å²) in [6.45, 7) is -0.632. The van der Waals surface area contributed by atoms with Gasteiger partial charge in [-0.2, -0.15) is 4.98 Å². The fourth-order valence-corrected chi connectivity index (χ4v) is 1.83. The van der Waals surface area contributed by atoms with Crippen molar-refractivity contribution in [2.24, 2.45) is 0 Å². The molecule has 0 bridgehead atoms. The predicted octanol–water partition coefficient (Wildman–Crippen LogP) is 2.65. The summed E-state index contributed by atoms with van der Waals surface area (Å²) in [6.07, 6.45) is 2.45. The Morgan fingerprint density at radius 1 is 1.37 bits per heavy atom. The third-order valence-electron chi connectivity index (χ3n) is 2.86. The molecule has 0 radical (unpaired) electrons. The normalized spacial score (nSPS) is 14.9. The number of rotatable bonds is 5. The van der Waals surface area contributed by atoms with E-state index in [9.17, 15) is 8.78 Å². The summed E-state index contributed by atoms with van der Waals surface area (Å²) >= 11 is 0. The fourth-order valence-electron chi connectivity index (χ4n) is 1.83. The van der Waals surface area contributed by atoms with E-state index in [1.165, 1.54) is 6.33 Å². The van der Waals surface area contributed by atoms with Crippen LogP contribution in [-0.2, 0) is 0 Å². The van der Waals surface area contributed by atoms with Gasteiger partial charge in [-0.25, -0.2) is 8.78 Å². The van der Waals surface area contributed by atoms with Gasteiger partial charge in [-0.15, -0.1) is 0 Å². The van der Waals surface area contributed by atoms with Crippen LogP contribution in [0.25, 0.3) is 11.6 Å². The molecular weight excluding hydrogens is 256 g/mol. The molecule has 1 saturated carbocycles. The maximum atomic E-state index is 12.3. The van der Waals surface area contributed by atoms with Crippen molar-refractivity contribution in [2.45, 2.75) is 25.2 Å². The first-order chi connectivity index (χ1) is 9.24. The smallest absolute Gasteiger partial charge is 0.276 e. The lowest BCUT2D eigenvalue weighted by atomic mass is 10.1. The van der Waals surface area contributed by atoms with Crippen LogP contribution in [0.4, 0.5) is 8.78 Å². The van der Waals surface area contributed by atoms with Gasteiger partial charge in [-0.05, 0) is 18.8 Å². The molecule has 0 spiro atoms. The fraction of sp³-hybridized carbons (Fsp3) is 0.417. The Bertz CT molecular complexity index is 556. The lowest BCUT2D eigenvalue weighted by Crippen LogP contribution is -2.08. The summed E-state index contributed by atoms with van der Waals surface area (Å²) < 4.78 is 34.6. The van der Waals surface area contributed by atoms with E-state index in [0.717, 1.165) is 18.4 Å². The molecule has 2 aromatic heterocycles. The highest BCUT2D eigenvalue weighted by Gasteiger charge is 2.28. The number of halogens is 2. The van der Waals surface area contributed by atoms with Crippen LogP contribution < -0.4 is 4.74 Å². The van der Waals surface area contributed by atoms with Crippen LogP contribution in [0, 0.1) is 0 Å². The first kappa shape index (κ1) is 12.0. The molecule has 0 N–H and O–H groups in total. The first-order valence-corrected chi connectivity index (χ1v) is 5.92. The summed E-state index contributed by atoms with van der Waals surface area (Å²) in [7, 11) is 0. The van der Waals surface area contributed by atoms with Crippen molar-refractivity contribution in [2.75, 3.05) is 6.61 Å². The highest BCUT2D eigenvalue weighted by atomic mass is 19.3. The van der Waals surface area contributed by atoms with Crippen molar-refractivity contribution >= 4 is 0 Å². The number of nitrogens with zero attached hydrogens (tertiary/aromatic N) is 3. The van der Waals surface area contributed by atoms with Gasteiger partial charge in [0.05, 0.1) is 0 Å². The Morgan fingerprint density at radius 2 is 2.21 bits per heavy atom. The number of aromatic nitrogens is 3. The maximum Gasteiger partial charge on any atom is 0.276 e. The lowest BCUT2D eigenvalue weighted by molar-refractivity contribution is 0.0814. The van der Waals surface area contributed by atoms with Crippen LogP contribution >= 0.6 is 0 Å². The second kappa shape index (κ2) is 4.91. The van der Waals surface area contributed by atoms with Gasteiger partial charge < -0.3 is 9.26 Å². The van der Waals surface area contributed by atoms with E-state index in [1.54, 1.807) is 12.3 Å². The van der Waals surface area contributed by atoms with Crippen LogP contribution in [-0.4, -0.2) is 28.2 Å². The quantitative estimate of drug-likeness (QED) is 0.833. The Kier molecular flexibility index (Phi) is 3.10. The van der Waals surface area contributed by atoms with Gasteiger partial charge in [0.15, 0.2) is 6.33 Å². The molecule has 100 valence electrons. The second-order valence-electron chi connectivity index (χ2n) is 4.33. The van der Waals surface area contributed by atoms with E-state index in [2.05, 4.69) is 15.1 Å². The van der Waals surface area contributed by atoms with Gasteiger partial charge in [0.1, 0.15) is 18.1 Å². The molecule has 1 aliphatic carbocycles. The molecular formula is C12H11F2N3O2. The Hall–Kier alpha value is -2.05. The second-order valence-corrected chi connectivity index (χ2v) is 4.33. The molecule has 5 nitrogen and oxygen atoms in total. The maximum absolute atomic E-state index is 12.3. The molecule has 0 atom stereocenters. The molecule has 1 fully saturated rings. The van der Waals surface area contributed by atoms with Crippen LogP contribution in [0.1, 0.15) is 24.3 Å². The zero-order chi connectivity index (χ0) is 13.2. The van der Waals surface area contributed by atoms with E-state index in [1.807, 2.05) is 0 Å². The third kappa shape index (κ3) is 2.69. The van der Waals surface area contributed by atoms with E-state index in [4.69, 9.17) is 9.26 Å². The monoisotopic (exact) mass is 267 g/mol. The average Bonchev–Trinajstić information content (AvgIpc) is 3.10. The number of ether oxygens (including phenoxy) is 1. The molecule has 3 rings (SSSR count). The Balaban J connectivity index is 1.90. The van der Waals surface area contributed by atoms with E-state index in [-0.39, 0.29) is 5.89 Å². The molecule has 0 unspecified atom stereocenters. The minimum absolute atomic E-state index is 0.240. The number of hydrogen-bond donors (Lipinski definition) is 0. The molecule has 0 aromatic carbocycles. The highest BCUT2D eigenvalue weighted by molar-refractivity contribution is 5.52. The van der Waals surface area contributed by atoms with Gasteiger partial charge in [0.2, 0.25) is 0 Å². The van der Waals surface area contributed by atoms with E-state index in [0.29, 0.717) is 17.4 Å². The molecule has 19 heavy (non-hydrogen) atoms. The zero-order valence-electron chi connectivity index (χ0n) is 9.92. The zero-order valence-corrected chi connectivity index (χ0v) is 9.92. The van der Waals surface area contributed by atoms with Crippen LogP contribution in [0.2, 0.25) is 0 Å². The molecule has 2 aromatic rings. The topological polar surface area (TPSA) is 61.0 Å². The van der Waals surface area contributed by atoms with Crippen molar-refractivity contribution in [3.63, 3.8) is 0 Å². The van der Waals surface area contributed by atoms with Crippen molar-refractivity contribution in [3.8, 4) is 17.3 Å². The summed E-state index contributed by atoms with van der Waals surface area (Å²) in [5.74, 6) is 1.02. The molecule has 2 heterocycles. The first-order valence-electron chi connectivity index (χ1n) is 5.92. The van der Waals surface area contributed by atoms with Crippen LogP contribution in [0.5, 0.6) is 5.75 Å². The number of hydrogen-bond acceptors (Lipinski definition) is 5. The molecule has 7 heteroatoms. The highest BCUT2D eigenvalue weighted by Crippen LogP contribution is 2.44. The number of alkyl halides is 2. The van der Waals surface area contributed by atoms with Gasteiger partial charge in [0, 0.05) is 17.8 Å². The van der Waals surface area contributed by atoms with Crippen molar-refractivity contribution in [1.82, 2.24) is 15.1 Å². The Labute approximate surface area is 107 Å². The van der Waals surface area contributed by atoms with E-state index >= 15 is 0 Å². The molecule has 0 saturated heterocycles. The molecule has 0 aliphatic heterocycles. The van der Waals surface area contributed by atoms with Gasteiger partial charge in [-0.1, -0.05) is 5.16 Å². The molecule has 1 aliphatic rings. The van der Waals surface area contributed by atoms with E-state index < -0.39 is 13.0 Å².